The van der Waals surface area contributed by atoms with Crippen LogP contribution in [-0.2, 0) is 6.54 Å². The van der Waals surface area contributed by atoms with E-state index in [1.54, 1.807) is 6.07 Å². The SMILES string of the molecule is Cl.Clc1ccc(CN[C@@H]2CCNC2)c(Cl)c1. The number of hydrogen-bond donors (Lipinski definition) is 2. The highest BCUT2D eigenvalue weighted by atomic mass is 35.5. The van der Waals surface area contributed by atoms with Gasteiger partial charge in [-0.25, -0.2) is 0 Å². The summed E-state index contributed by atoms with van der Waals surface area (Å²) in [6.07, 6.45) is 1.19. The second-order valence-corrected chi connectivity index (χ2v) is 4.65. The molecule has 1 aromatic carbocycles. The molecule has 5 heteroatoms. The highest BCUT2D eigenvalue weighted by Gasteiger charge is 2.13. The largest absolute Gasteiger partial charge is 0.315 e. The van der Waals surface area contributed by atoms with Gasteiger partial charge in [-0.1, -0.05) is 29.3 Å². The fraction of sp³-hybridized carbons (Fsp3) is 0.455. The molecule has 1 aromatic rings. The Morgan fingerprint density at radius 2 is 2.19 bits per heavy atom. The molecule has 1 saturated heterocycles. The van der Waals surface area contributed by atoms with Gasteiger partial charge >= 0.3 is 0 Å². The third-order valence-corrected chi connectivity index (χ3v) is 3.24. The number of rotatable bonds is 3. The molecular weight excluding hydrogens is 266 g/mol. The molecule has 0 radical (unpaired) electrons. The van der Waals surface area contributed by atoms with Crippen LogP contribution in [0.4, 0.5) is 0 Å². The first-order valence-corrected chi connectivity index (χ1v) is 5.89. The van der Waals surface area contributed by atoms with E-state index in [1.165, 1.54) is 6.42 Å². The predicted octanol–water partition coefficient (Wildman–Crippen LogP) is 2.87. The zero-order chi connectivity index (χ0) is 10.7. The van der Waals surface area contributed by atoms with Crippen molar-refractivity contribution in [3.05, 3.63) is 33.8 Å². The van der Waals surface area contributed by atoms with Crippen molar-refractivity contribution in [2.45, 2.75) is 19.0 Å². The Hall–Kier alpha value is 0.01000. The van der Waals surface area contributed by atoms with E-state index >= 15 is 0 Å². The van der Waals surface area contributed by atoms with Crippen molar-refractivity contribution in [1.82, 2.24) is 10.6 Å². The lowest BCUT2D eigenvalue weighted by Crippen LogP contribution is -2.30. The maximum Gasteiger partial charge on any atom is 0.0465 e. The molecule has 0 saturated carbocycles. The summed E-state index contributed by atoms with van der Waals surface area (Å²) in [7, 11) is 0. The summed E-state index contributed by atoms with van der Waals surface area (Å²) in [4.78, 5) is 0. The fourth-order valence-corrected chi connectivity index (χ4v) is 2.22. The van der Waals surface area contributed by atoms with Gasteiger partial charge in [-0.3, -0.25) is 0 Å². The third-order valence-electron chi connectivity index (χ3n) is 2.66. The summed E-state index contributed by atoms with van der Waals surface area (Å²) in [5.74, 6) is 0. The van der Waals surface area contributed by atoms with Crippen molar-refractivity contribution < 1.29 is 0 Å². The molecule has 1 atom stereocenters. The Balaban J connectivity index is 0.00000128. The standard InChI is InChI=1S/C11H14Cl2N2.ClH/c12-9-2-1-8(11(13)5-9)6-15-10-3-4-14-7-10;/h1-2,5,10,14-15H,3-4,6-7H2;1H/t10-;/m1./s1. The second kappa shape index (κ2) is 6.67. The number of benzene rings is 1. The Labute approximate surface area is 112 Å². The van der Waals surface area contributed by atoms with Crippen molar-refractivity contribution >= 4 is 35.6 Å². The van der Waals surface area contributed by atoms with Crippen LogP contribution in [-0.4, -0.2) is 19.1 Å². The highest BCUT2D eigenvalue weighted by Crippen LogP contribution is 2.20. The van der Waals surface area contributed by atoms with Gasteiger partial charge in [0.05, 0.1) is 0 Å². The Morgan fingerprint density at radius 3 is 2.81 bits per heavy atom. The van der Waals surface area contributed by atoms with E-state index in [9.17, 15) is 0 Å². The lowest BCUT2D eigenvalue weighted by atomic mass is 10.2. The number of halogens is 3. The molecule has 1 aliphatic heterocycles. The molecule has 2 rings (SSSR count). The summed E-state index contributed by atoms with van der Waals surface area (Å²) < 4.78 is 0. The molecule has 1 heterocycles. The van der Waals surface area contributed by atoms with E-state index in [1.807, 2.05) is 12.1 Å². The minimum Gasteiger partial charge on any atom is -0.315 e. The highest BCUT2D eigenvalue weighted by molar-refractivity contribution is 6.35. The van der Waals surface area contributed by atoms with Crippen LogP contribution in [0.1, 0.15) is 12.0 Å². The average Bonchev–Trinajstić information content (AvgIpc) is 2.69. The molecule has 16 heavy (non-hydrogen) atoms. The van der Waals surface area contributed by atoms with Gasteiger partial charge in [0.15, 0.2) is 0 Å². The normalized spacial score (nSPS) is 19.5. The summed E-state index contributed by atoms with van der Waals surface area (Å²) >= 11 is 11.9. The van der Waals surface area contributed by atoms with Gasteiger partial charge in [0.2, 0.25) is 0 Å². The third kappa shape index (κ3) is 3.79. The molecule has 0 aliphatic carbocycles. The van der Waals surface area contributed by atoms with Crippen LogP contribution in [0, 0.1) is 0 Å². The molecule has 90 valence electrons. The molecule has 0 aromatic heterocycles. The first kappa shape index (κ1) is 14.1. The van der Waals surface area contributed by atoms with Gasteiger partial charge < -0.3 is 10.6 Å². The lowest BCUT2D eigenvalue weighted by Gasteiger charge is -2.12. The Morgan fingerprint density at radius 1 is 1.38 bits per heavy atom. The van der Waals surface area contributed by atoms with E-state index in [0.29, 0.717) is 11.1 Å². The maximum atomic E-state index is 6.07. The van der Waals surface area contributed by atoms with Crippen LogP contribution in [0.25, 0.3) is 0 Å². The van der Waals surface area contributed by atoms with E-state index in [-0.39, 0.29) is 12.4 Å². The van der Waals surface area contributed by atoms with Gasteiger partial charge in [-0.2, -0.15) is 0 Å². The maximum absolute atomic E-state index is 6.07. The van der Waals surface area contributed by atoms with Gasteiger partial charge in [0.1, 0.15) is 0 Å². The van der Waals surface area contributed by atoms with Crippen molar-refractivity contribution in [1.29, 1.82) is 0 Å². The zero-order valence-corrected chi connectivity index (χ0v) is 11.1. The molecule has 2 nitrogen and oxygen atoms in total. The number of hydrogen-bond acceptors (Lipinski definition) is 2. The smallest absolute Gasteiger partial charge is 0.0465 e. The van der Waals surface area contributed by atoms with Crippen LogP contribution >= 0.6 is 35.6 Å². The van der Waals surface area contributed by atoms with Crippen molar-refractivity contribution in [2.75, 3.05) is 13.1 Å². The predicted molar refractivity (Wildman–Crippen MR) is 71.8 cm³/mol. The monoisotopic (exact) mass is 280 g/mol. The first-order valence-electron chi connectivity index (χ1n) is 5.14. The summed E-state index contributed by atoms with van der Waals surface area (Å²) in [6.45, 7) is 2.96. The molecule has 1 aliphatic rings. The van der Waals surface area contributed by atoms with Crippen molar-refractivity contribution in [3.8, 4) is 0 Å². The van der Waals surface area contributed by atoms with Crippen LogP contribution < -0.4 is 10.6 Å². The summed E-state index contributed by atoms with van der Waals surface area (Å²) in [5, 5.41) is 8.21. The Kier molecular flexibility index (Phi) is 5.87. The van der Waals surface area contributed by atoms with Crippen LogP contribution in [0.15, 0.2) is 18.2 Å². The molecule has 0 unspecified atom stereocenters. The van der Waals surface area contributed by atoms with E-state index in [2.05, 4.69) is 10.6 Å². The quantitative estimate of drug-likeness (QED) is 0.890. The molecule has 0 spiro atoms. The average molecular weight is 282 g/mol. The molecular formula is C11H15Cl3N2. The minimum atomic E-state index is 0. The topological polar surface area (TPSA) is 24.1 Å². The zero-order valence-electron chi connectivity index (χ0n) is 8.80. The first-order chi connectivity index (χ1) is 7.25. The van der Waals surface area contributed by atoms with E-state index in [4.69, 9.17) is 23.2 Å². The lowest BCUT2D eigenvalue weighted by molar-refractivity contribution is 0.547. The Bertz CT molecular complexity index is 338. The molecule has 0 bridgehead atoms. The van der Waals surface area contributed by atoms with Crippen molar-refractivity contribution in [3.63, 3.8) is 0 Å². The summed E-state index contributed by atoms with van der Waals surface area (Å²) in [5.41, 5.74) is 1.10. The molecule has 0 amide bonds. The second-order valence-electron chi connectivity index (χ2n) is 3.81. The van der Waals surface area contributed by atoms with E-state index < -0.39 is 0 Å². The van der Waals surface area contributed by atoms with Gasteiger partial charge in [0, 0.05) is 29.2 Å². The van der Waals surface area contributed by atoms with Crippen LogP contribution in [0.2, 0.25) is 10.0 Å². The van der Waals surface area contributed by atoms with Crippen LogP contribution in [0.3, 0.4) is 0 Å². The molecule has 2 N–H and O–H groups in total. The van der Waals surface area contributed by atoms with Gasteiger partial charge in [-0.05, 0) is 30.7 Å². The van der Waals surface area contributed by atoms with Crippen molar-refractivity contribution in [2.24, 2.45) is 0 Å². The minimum absolute atomic E-state index is 0. The van der Waals surface area contributed by atoms with Gasteiger partial charge in [-0.15, -0.1) is 12.4 Å². The van der Waals surface area contributed by atoms with Gasteiger partial charge in [0.25, 0.3) is 0 Å². The fourth-order valence-electron chi connectivity index (χ4n) is 1.75. The van der Waals surface area contributed by atoms with Crippen LogP contribution in [0.5, 0.6) is 0 Å². The molecule has 1 fully saturated rings. The summed E-state index contributed by atoms with van der Waals surface area (Å²) in [6, 6.07) is 6.20. The van der Waals surface area contributed by atoms with E-state index in [0.717, 1.165) is 30.2 Å². The number of nitrogens with one attached hydrogen (secondary N) is 2.